The third-order valence-corrected chi connectivity index (χ3v) is 3.79. The van der Waals surface area contributed by atoms with E-state index in [0.717, 1.165) is 15.8 Å². The van der Waals surface area contributed by atoms with Crippen LogP contribution in [0.2, 0.25) is 0 Å². The van der Waals surface area contributed by atoms with E-state index in [0.29, 0.717) is 5.56 Å². The van der Waals surface area contributed by atoms with Crippen molar-refractivity contribution in [3.8, 4) is 5.75 Å². The van der Waals surface area contributed by atoms with Crippen molar-refractivity contribution in [2.75, 3.05) is 0 Å². The molecule has 20 heavy (non-hydrogen) atoms. The van der Waals surface area contributed by atoms with Crippen molar-refractivity contribution in [3.63, 3.8) is 0 Å². The average Bonchev–Trinajstić information content (AvgIpc) is 2.38. The van der Waals surface area contributed by atoms with E-state index in [-0.39, 0.29) is 12.2 Å². The van der Waals surface area contributed by atoms with Crippen molar-refractivity contribution < 1.29 is 14.6 Å². The van der Waals surface area contributed by atoms with E-state index < -0.39 is 5.97 Å². The van der Waals surface area contributed by atoms with E-state index in [1.54, 1.807) is 12.1 Å². The highest BCUT2D eigenvalue weighted by Crippen LogP contribution is 2.25. The first kappa shape index (κ1) is 14.6. The molecule has 0 aromatic heterocycles. The molecular formula is C16H15BrO3. The van der Waals surface area contributed by atoms with Crippen LogP contribution >= 0.6 is 15.9 Å². The molecule has 0 heterocycles. The van der Waals surface area contributed by atoms with Crippen molar-refractivity contribution in [2.45, 2.75) is 20.5 Å². The van der Waals surface area contributed by atoms with Crippen LogP contribution in [0, 0.1) is 13.8 Å². The zero-order chi connectivity index (χ0) is 14.7. The molecule has 1 N–H and O–H groups in total. The summed E-state index contributed by atoms with van der Waals surface area (Å²) < 4.78 is 6.49. The van der Waals surface area contributed by atoms with Crippen molar-refractivity contribution >= 4 is 21.9 Å². The molecule has 104 valence electrons. The van der Waals surface area contributed by atoms with Gasteiger partial charge in [-0.25, -0.2) is 4.79 Å². The fourth-order valence-corrected chi connectivity index (χ4v) is 2.50. The zero-order valence-corrected chi connectivity index (χ0v) is 12.9. The highest BCUT2D eigenvalue weighted by Gasteiger charge is 2.13. The van der Waals surface area contributed by atoms with E-state index >= 15 is 0 Å². The number of hydrogen-bond acceptors (Lipinski definition) is 2. The molecular weight excluding hydrogens is 320 g/mol. The molecule has 0 spiro atoms. The molecule has 0 saturated carbocycles. The molecule has 0 amide bonds. The van der Waals surface area contributed by atoms with Gasteiger partial charge in [0.05, 0.1) is 5.56 Å². The Labute approximate surface area is 126 Å². The minimum absolute atomic E-state index is 0.215. The second-order valence-electron chi connectivity index (χ2n) is 4.63. The summed E-state index contributed by atoms with van der Waals surface area (Å²) in [4.78, 5) is 11.2. The van der Waals surface area contributed by atoms with E-state index in [1.807, 2.05) is 38.1 Å². The third-order valence-electron chi connectivity index (χ3n) is 3.05. The summed E-state index contributed by atoms with van der Waals surface area (Å²) >= 11 is 3.38. The lowest BCUT2D eigenvalue weighted by Gasteiger charge is -2.12. The fourth-order valence-electron chi connectivity index (χ4n) is 2.02. The van der Waals surface area contributed by atoms with Gasteiger partial charge in [-0.1, -0.05) is 39.7 Å². The van der Waals surface area contributed by atoms with Gasteiger partial charge in [-0.15, -0.1) is 0 Å². The van der Waals surface area contributed by atoms with Crippen molar-refractivity contribution in [1.29, 1.82) is 0 Å². The van der Waals surface area contributed by atoms with E-state index in [9.17, 15) is 9.90 Å². The molecule has 0 fully saturated rings. The number of rotatable bonds is 4. The quantitative estimate of drug-likeness (QED) is 0.904. The van der Waals surface area contributed by atoms with Gasteiger partial charge in [0, 0.05) is 10.0 Å². The summed E-state index contributed by atoms with van der Waals surface area (Å²) in [6.07, 6.45) is 0. The van der Waals surface area contributed by atoms with Gasteiger partial charge in [0.2, 0.25) is 0 Å². The van der Waals surface area contributed by atoms with Crippen LogP contribution in [0.15, 0.2) is 40.9 Å². The summed E-state index contributed by atoms with van der Waals surface area (Å²) in [6.45, 7) is 4.21. The second kappa shape index (κ2) is 6.09. The first-order valence-electron chi connectivity index (χ1n) is 6.20. The number of benzene rings is 2. The van der Waals surface area contributed by atoms with Gasteiger partial charge in [-0.2, -0.15) is 0 Å². The second-order valence-corrected chi connectivity index (χ2v) is 5.48. The molecule has 2 aromatic rings. The van der Waals surface area contributed by atoms with E-state index in [2.05, 4.69) is 15.9 Å². The van der Waals surface area contributed by atoms with Gasteiger partial charge >= 0.3 is 5.97 Å². The highest BCUT2D eigenvalue weighted by atomic mass is 79.9. The largest absolute Gasteiger partial charge is 0.489 e. The lowest BCUT2D eigenvalue weighted by molar-refractivity contribution is 0.0694. The van der Waals surface area contributed by atoms with Crippen molar-refractivity contribution in [1.82, 2.24) is 0 Å². The summed E-state index contributed by atoms with van der Waals surface area (Å²) in [5, 5.41) is 9.20. The number of carbonyl (C=O) groups is 1. The van der Waals surface area contributed by atoms with Crippen molar-refractivity contribution in [2.24, 2.45) is 0 Å². The Morgan fingerprint density at radius 3 is 2.65 bits per heavy atom. The fraction of sp³-hybridized carbons (Fsp3) is 0.188. The number of aromatic carboxylic acids is 1. The van der Waals surface area contributed by atoms with Crippen LogP contribution in [-0.2, 0) is 6.61 Å². The smallest absolute Gasteiger partial charge is 0.336 e. The first-order valence-corrected chi connectivity index (χ1v) is 6.99. The molecule has 0 saturated heterocycles. The molecule has 4 heteroatoms. The minimum atomic E-state index is -0.953. The molecule has 2 aromatic carbocycles. The normalized spacial score (nSPS) is 10.3. The molecule has 0 bridgehead atoms. The average molecular weight is 335 g/mol. The zero-order valence-electron chi connectivity index (χ0n) is 11.3. The Morgan fingerprint density at radius 1 is 1.25 bits per heavy atom. The molecule has 0 aliphatic heterocycles. The highest BCUT2D eigenvalue weighted by molar-refractivity contribution is 9.10. The molecule has 0 aliphatic rings. The Kier molecular flexibility index (Phi) is 4.45. The Hall–Kier alpha value is -1.81. The predicted octanol–water partition coefficient (Wildman–Crippen LogP) is 4.34. The Balaban J connectivity index is 2.25. The monoisotopic (exact) mass is 334 g/mol. The summed E-state index contributed by atoms with van der Waals surface area (Å²) in [5.41, 5.74) is 3.10. The van der Waals surface area contributed by atoms with Crippen LogP contribution in [0.25, 0.3) is 0 Å². The topological polar surface area (TPSA) is 46.5 Å². The van der Waals surface area contributed by atoms with Crippen LogP contribution < -0.4 is 4.74 Å². The van der Waals surface area contributed by atoms with Gasteiger partial charge in [0.1, 0.15) is 12.4 Å². The number of carboxylic acid groups (broad SMARTS) is 1. The SMILES string of the molecule is Cc1ccc(OCc2c(Br)cccc2C(=O)O)c(C)c1. The lowest BCUT2D eigenvalue weighted by atomic mass is 10.1. The number of carboxylic acids is 1. The maximum atomic E-state index is 11.2. The number of aryl methyl sites for hydroxylation is 2. The molecule has 0 unspecified atom stereocenters. The van der Waals surface area contributed by atoms with Crippen LogP contribution in [0.3, 0.4) is 0 Å². The van der Waals surface area contributed by atoms with Crippen molar-refractivity contribution in [3.05, 3.63) is 63.1 Å². The van der Waals surface area contributed by atoms with Crippen LogP contribution in [0.5, 0.6) is 5.75 Å². The minimum Gasteiger partial charge on any atom is -0.489 e. The summed E-state index contributed by atoms with van der Waals surface area (Å²) in [7, 11) is 0. The maximum Gasteiger partial charge on any atom is 0.336 e. The molecule has 3 nitrogen and oxygen atoms in total. The lowest BCUT2D eigenvalue weighted by Crippen LogP contribution is -2.07. The standard InChI is InChI=1S/C16H15BrO3/c1-10-6-7-15(11(2)8-10)20-9-13-12(16(18)19)4-3-5-14(13)17/h3-8H,9H2,1-2H3,(H,18,19). The maximum absolute atomic E-state index is 11.2. The van der Waals surface area contributed by atoms with Gasteiger partial charge in [-0.3, -0.25) is 0 Å². The van der Waals surface area contributed by atoms with Crippen LogP contribution in [-0.4, -0.2) is 11.1 Å². The molecule has 2 rings (SSSR count). The summed E-state index contributed by atoms with van der Waals surface area (Å²) in [5.74, 6) is -0.187. The third kappa shape index (κ3) is 3.20. The van der Waals surface area contributed by atoms with E-state index in [4.69, 9.17) is 4.74 Å². The van der Waals surface area contributed by atoms with Crippen LogP contribution in [0.1, 0.15) is 27.0 Å². The first-order chi connectivity index (χ1) is 9.49. The summed E-state index contributed by atoms with van der Waals surface area (Å²) in [6, 6.07) is 11.0. The van der Waals surface area contributed by atoms with Gasteiger partial charge in [0.25, 0.3) is 0 Å². The van der Waals surface area contributed by atoms with Crippen LogP contribution in [0.4, 0.5) is 0 Å². The van der Waals surface area contributed by atoms with Gasteiger partial charge in [-0.05, 0) is 37.6 Å². The van der Waals surface area contributed by atoms with Gasteiger partial charge in [0.15, 0.2) is 0 Å². The molecule has 0 atom stereocenters. The molecule has 0 aliphatic carbocycles. The number of ether oxygens (including phenoxy) is 1. The number of hydrogen-bond donors (Lipinski definition) is 1. The Morgan fingerprint density at radius 2 is 2.00 bits per heavy atom. The number of halogens is 1. The molecule has 0 radical (unpaired) electrons. The predicted molar refractivity (Wildman–Crippen MR) is 81.3 cm³/mol. The van der Waals surface area contributed by atoms with Gasteiger partial charge < -0.3 is 9.84 Å². The van der Waals surface area contributed by atoms with E-state index in [1.165, 1.54) is 5.56 Å². The Bertz CT molecular complexity index is 650.